The summed E-state index contributed by atoms with van der Waals surface area (Å²) in [6, 6.07) is 6.09. The fraction of sp³-hybridized carbons (Fsp3) is 0.318. The van der Waals surface area contributed by atoms with Crippen LogP contribution in [0.2, 0.25) is 0 Å². The first-order valence-corrected chi connectivity index (χ1v) is 10.7. The molecule has 0 N–H and O–H groups in total. The van der Waals surface area contributed by atoms with Gasteiger partial charge >= 0.3 is 24.3 Å². The molecular formula is C22H17BrF7NO5. The number of hydrogen-bond donors (Lipinski definition) is 0. The highest BCUT2D eigenvalue weighted by molar-refractivity contribution is 9.09. The molecule has 0 radical (unpaired) electrons. The van der Waals surface area contributed by atoms with Crippen LogP contribution >= 0.6 is 15.9 Å². The fourth-order valence-electron chi connectivity index (χ4n) is 2.66. The average Bonchev–Trinajstić information content (AvgIpc) is 2.83. The summed E-state index contributed by atoms with van der Waals surface area (Å²) in [6.07, 6.45) is -12.4. The van der Waals surface area contributed by atoms with E-state index in [1.807, 2.05) is 0 Å². The highest BCUT2D eigenvalue weighted by Crippen LogP contribution is 2.30. The van der Waals surface area contributed by atoms with Gasteiger partial charge in [-0.1, -0.05) is 21.1 Å². The molecule has 2 rings (SSSR count). The monoisotopic (exact) mass is 587 g/mol. The summed E-state index contributed by atoms with van der Waals surface area (Å²) in [4.78, 5) is 27.7. The van der Waals surface area contributed by atoms with Gasteiger partial charge in [0.2, 0.25) is 0 Å². The predicted molar refractivity (Wildman–Crippen MR) is 115 cm³/mol. The number of ether oxygens (including phenoxy) is 2. The minimum Gasteiger partial charge on any atom is -0.461 e. The standard InChI is InChI=1S/C22H17BrF7NO5/c1-34-31-10-17(24)18(36-20(33)13-4-8-15(9-5-13)22(28,29)30)16(23)11-35-19(32)12-2-6-14(7-3-12)21(25,26)27/h2-10,16-18H,11H2,1H3/t16-,17+,18+/m0/s1. The highest BCUT2D eigenvalue weighted by Gasteiger charge is 2.34. The Morgan fingerprint density at radius 1 is 0.889 bits per heavy atom. The van der Waals surface area contributed by atoms with Crippen molar-refractivity contribution in [2.75, 3.05) is 13.7 Å². The largest absolute Gasteiger partial charge is 0.461 e. The molecule has 196 valence electrons. The first kappa shape index (κ1) is 29.1. The van der Waals surface area contributed by atoms with Crippen LogP contribution in [0.1, 0.15) is 31.8 Å². The molecule has 0 aromatic heterocycles. The van der Waals surface area contributed by atoms with Gasteiger partial charge < -0.3 is 14.3 Å². The molecule has 2 aromatic rings. The van der Waals surface area contributed by atoms with E-state index in [-0.39, 0.29) is 11.1 Å². The van der Waals surface area contributed by atoms with E-state index >= 15 is 0 Å². The van der Waals surface area contributed by atoms with Crippen LogP contribution in [0.3, 0.4) is 0 Å². The molecule has 0 saturated carbocycles. The Bertz CT molecular complexity index is 1060. The lowest BCUT2D eigenvalue weighted by molar-refractivity contribution is -0.138. The third-order valence-corrected chi connectivity index (χ3v) is 5.28. The maximum absolute atomic E-state index is 14.7. The molecule has 6 nitrogen and oxygen atoms in total. The van der Waals surface area contributed by atoms with Crippen molar-refractivity contribution in [3.63, 3.8) is 0 Å². The van der Waals surface area contributed by atoms with Crippen LogP contribution in [0.15, 0.2) is 53.7 Å². The van der Waals surface area contributed by atoms with Gasteiger partial charge in [0.25, 0.3) is 0 Å². The van der Waals surface area contributed by atoms with Crippen LogP contribution in [0.25, 0.3) is 0 Å². The number of oxime groups is 1. The number of alkyl halides is 8. The summed E-state index contributed by atoms with van der Waals surface area (Å²) < 4.78 is 101. The van der Waals surface area contributed by atoms with Crippen molar-refractivity contribution < 1.29 is 54.6 Å². The third-order valence-electron chi connectivity index (χ3n) is 4.49. The van der Waals surface area contributed by atoms with Crippen molar-refractivity contribution >= 4 is 34.1 Å². The van der Waals surface area contributed by atoms with Gasteiger partial charge in [0, 0.05) is 0 Å². The minimum absolute atomic E-state index is 0.223. The zero-order chi connectivity index (χ0) is 27.1. The van der Waals surface area contributed by atoms with Gasteiger partial charge in [0.1, 0.15) is 13.7 Å². The molecule has 0 unspecified atom stereocenters. The molecule has 0 amide bonds. The van der Waals surface area contributed by atoms with Crippen molar-refractivity contribution in [3.8, 4) is 0 Å². The van der Waals surface area contributed by atoms with Gasteiger partial charge in [-0.2, -0.15) is 26.3 Å². The second kappa shape index (κ2) is 12.2. The van der Waals surface area contributed by atoms with E-state index in [0.717, 1.165) is 31.4 Å². The molecule has 0 heterocycles. The Kier molecular flexibility index (Phi) is 9.85. The van der Waals surface area contributed by atoms with Crippen molar-refractivity contribution in [2.45, 2.75) is 29.5 Å². The van der Waals surface area contributed by atoms with Crippen molar-refractivity contribution in [1.29, 1.82) is 0 Å². The van der Waals surface area contributed by atoms with Crippen LogP contribution < -0.4 is 0 Å². The predicted octanol–water partition coefficient (Wildman–Crippen LogP) is 5.84. The summed E-state index contributed by atoms with van der Waals surface area (Å²) in [5, 5.41) is 3.23. The minimum atomic E-state index is -4.64. The normalized spacial score (nSPS) is 14.7. The van der Waals surface area contributed by atoms with Crippen LogP contribution in [0.5, 0.6) is 0 Å². The van der Waals surface area contributed by atoms with E-state index in [4.69, 9.17) is 9.47 Å². The first-order chi connectivity index (χ1) is 16.7. The Labute approximate surface area is 208 Å². The summed E-state index contributed by atoms with van der Waals surface area (Å²) in [7, 11) is 1.11. The molecule has 2 aromatic carbocycles. The number of carbonyl (C=O) groups is 2. The van der Waals surface area contributed by atoms with Gasteiger partial charge in [0.15, 0.2) is 12.3 Å². The number of esters is 2. The number of hydrogen-bond acceptors (Lipinski definition) is 6. The lowest BCUT2D eigenvalue weighted by atomic mass is 10.1. The number of nitrogens with zero attached hydrogens (tertiary/aromatic N) is 1. The SMILES string of the molecule is CON=C[C@@H](F)[C@H](OC(=O)c1ccc(C(F)(F)F)cc1)[C@@H](Br)COC(=O)c1ccc(C(F)(F)F)cc1. The molecule has 0 bridgehead atoms. The second-order valence-corrected chi connectivity index (χ2v) is 8.19. The second-order valence-electron chi connectivity index (χ2n) is 7.02. The average molecular weight is 588 g/mol. The Morgan fingerprint density at radius 2 is 1.33 bits per heavy atom. The maximum Gasteiger partial charge on any atom is 0.416 e. The number of rotatable bonds is 9. The molecule has 0 saturated heterocycles. The number of benzene rings is 2. The number of carbonyl (C=O) groups excluding carboxylic acids is 2. The Hall–Kier alpha value is -3.16. The van der Waals surface area contributed by atoms with E-state index < -0.39 is 59.1 Å². The van der Waals surface area contributed by atoms with E-state index in [0.29, 0.717) is 30.5 Å². The Balaban J connectivity index is 2.11. The first-order valence-electron chi connectivity index (χ1n) is 9.81. The summed E-state index contributed by atoms with van der Waals surface area (Å²) in [5.41, 5.74) is -2.53. The Morgan fingerprint density at radius 3 is 1.75 bits per heavy atom. The molecule has 0 aliphatic heterocycles. The van der Waals surface area contributed by atoms with Crippen LogP contribution in [0, 0.1) is 0 Å². The number of halogens is 8. The zero-order valence-electron chi connectivity index (χ0n) is 18.1. The van der Waals surface area contributed by atoms with Crippen molar-refractivity contribution in [2.24, 2.45) is 5.16 Å². The zero-order valence-corrected chi connectivity index (χ0v) is 19.7. The fourth-order valence-corrected chi connectivity index (χ4v) is 3.19. The lowest BCUT2D eigenvalue weighted by Gasteiger charge is -2.24. The van der Waals surface area contributed by atoms with Crippen LogP contribution in [-0.4, -0.2) is 49.0 Å². The highest BCUT2D eigenvalue weighted by atomic mass is 79.9. The molecule has 0 aliphatic rings. The van der Waals surface area contributed by atoms with E-state index in [9.17, 15) is 40.3 Å². The molecule has 0 spiro atoms. The summed E-state index contributed by atoms with van der Waals surface area (Å²) >= 11 is 3.02. The third kappa shape index (κ3) is 8.21. The topological polar surface area (TPSA) is 74.2 Å². The van der Waals surface area contributed by atoms with E-state index in [2.05, 4.69) is 25.9 Å². The molecule has 0 aliphatic carbocycles. The van der Waals surface area contributed by atoms with Crippen LogP contribution in [-0.2, 0) is 26.7 Å². The van der Waals surface area contributed by atoms with Gasteiger partial charge in [-0.25, -0.2) is 14.0 Å². The van der Waals surface area contributed by atoms with Crippen molar-refractivity contribution in [3.05, 3.63) is 70.8 Å². The van der Waals surface area contributed by atoms with Crippen LogP contribution in [0.4, 0.5) is 30.7 Å². The molecule has 3 atom stereocenters. The lowest BCUT2D eigenvalue weighted by Crippen LogP contribution is -2.39. The smallest absolute Gasteiger partial charge is 0.416 e. The summed E-state index contributed by atoms with van der Waals surface area (Å²) in [5.74, 6) is -2.22. The van der Waals surface area contributed by atoms with Crippen molar-refractivity contribution in [1.82, 2.24) is 0 Å². The summed E-state index contributed by atoms with van der Waals surface area (Å²) in [6.45, 7) is -0.605. The molecule has 14 heteroatoms. The van der Waals surface area contributed by atoms with Gasteiger partial charge in [-0.15, -0.1) is 0 Å². The van der Waals surface area contributed by atoms with Gasteiger partial charge in [0.05, 0.1) is 33.3 Å². The maximum atomic E-state index is 14.7. The van der Waals surface area contributed by atoms with Gasteiger partial charge in [-0.05, 0) is 48.5 Å². The van der Waals surface area contributed by atoms with Gasteiger partial charge in [-0.3, -0.25) is 0 Å². The van der Waals surface area contributed by atoms with E-state index in [1.165, 1.54) is 0 Å². The molecular weight excluding hydrogens is 571 g/mol. The van der Waals surface area contributed by atoms with E-state index in [1.54, 1.807) is 0 Å². The molecule has 0 fully saturated rings. The molecule has 36 heavy (non-hydrogen) atoms. The quantitative estimate of drug-likeness (QED) is 0.121.